The summed E-state index contributed by atoms with van der Waals surface area (Å²) in [6.45, 7) is 17.8. The molecule has 2 aliphatic heterocycles. The quantitative estimate of drug-likeness (QED) is 0.0897. The molecule has 8 heteroatoms. The SMILES string of the molecule is CCC1(C)O[B-]2(OC(C)(CC)C(C)(CCCS)O2)OC1(C)CCCS.CCCCCC[NH2+]CCCCCC. The van der Waals surface area contributed by atoms with Gasteiger partial charge in [-0.15, -0.1) is 0 Å². The molecule has 1 spiro atoms. The maximum absolute atomic E-state index is 6.52. The molecule has 4 atom stereocenters. The molecule has 0 amide bonds. The second kappa shape index (κ2) is 17.5. The lowest BCUT2D eigenvalue weighted by molar-refractivity contribution is -0.655. The van der Waals surface area contributed by atoms with Crippen LogP contribution < -0.4 is 5.32 Å². The van der Waals surface area contributed by atoms with Crippen molar-refractivity contribution in [3.8, 4) is 0 Å². The summed E-state index contributed by atoms with van der Waals surface area (Å²) < 4.78 is 26.0. The summed E-state index contributed by atoms with van der Waals surface area (Å²) in [5.74, 6) is 1.65. The van der Waals surface area contributed by atoms with E-state index in [1.54, 1.807) is 0 Å². The fraction of sp³-hybridized carbons (Fsp3) is 1.00. The van der Waals surface area contributed by atoms with Gasteiger partial charge in [0, 0.05) is 0 Å². The van der Waals surface area contributed by atoms with Crippen molar-refractivity contribution in [3.05, 3.63) is 0 Å². The van der Waals surface area contributed by atoms with Crippen LogP contribution in [-0.4, -0.2) is 54.0 Å². The number of nitrogens with two attached hydrogens (primary N) is 1. The molecule has 0 aromatic carbocycles. The third-order valence-electron chi connectivity index (χ3n) is 9.35. The number of hydrogen-bond acceptors (Lipinski definition) is 6. The summed E-state index contributed by atoms with van der Waals surface area (Å²) >= 11 is 8.73. The smallest absolute Gasteiger partial charge is 0.512 e. The Bertz CT molecular complexity index is 595. The maximum atomic E-state index is 6.52. The minimum Gasteiger partial charge on any atom is -0.512 e. The first kappa shape index (κ1) is 36.6. The van der Waals surface area contributed by atoms with Gasteiger partial charge in [0.05, 0.1) is 35.5 Å². The van der Waals surface area contributed by atoms with Gasteiger partial charge in [0.15, 0.2) is 0 Å². The van der Waals surface area contributed by atoms with Gasteiger partial charge in [0.2, 0.25) is 0 Å². The molecule has 4 unspecified atom stereocenters. The third kappa shape index (κ3) is 9.84. The minimum atomic E-state index is -2.22. The van der Waals surface area contributed by atoms with E-state index >= 15 is 0 Å². The van der Waals surface area contributed by atoms with Crippen LogP contribution in [0.25, 0.3) is 0 Å². The van der Waals surface area contributed by atoms with E-state index in [-0.39, 0.29) is 0 Å². The lowest BCUT2D eigenvalue weighted by Crippen LogP contribution is -2.84. The van der Waals surface area contributed by atoms with Gasteiger partial charge in [-0.2, -0.15) is 25.3 Å². The van der Waals surface area contributed by atoms with Crippen LogP contribution in [0.15, 0.2) is 0 Å². The van der Waals surface area contributed by atoms with Crippen LogP contribution in [0.4, 0.5) is 0 Å². The van der Waals surface area contributed by atoms with Crippen molar-refractivity contribution in [2.45, 2.75) is 168 Å². The molecule has 2 N–H and O–H groups in total. The van der Waals surface area contributed by atoms with Crippen LogP contribution >= 0.6 is 25.3 Å². The topological polar surface area (TPSA) is 53.5 Å². The van der Waals surface area contributed by atoms with Crippen LogP contribution in [0.3, 0.4) is 0 Å². The van der Waals surface area contributed by atoms with Crippen LogP contribution in [0.2, 0.25) is 0 Å². The first-order valence-electron chi connectivity index (χ1n) is 16.0. The highest BCUT2D eigenvalue weighted by molar-refractivity contribution is 7.80. The fourth-order valence-corrected chi connectivity index (χ4v) is 6.20. The Morgan fingerprint density at radius 1 is 0.526 bits per heavy atom. The molecule has 2 heterocycles. The lowest BCUT2D eigenvalue weighted by atomic mass is 9.81. The van der Waals surface area contributed by atoms with E-state index in [1.807, 2.05) is 0 Å². The second-order valence-electron chi connectivity index (χ2n) is 12.3. The molecule has 2 aliphatic rings. The van der Waals surface area contributed by atoms with E-state index in [9.17, 15) is 0 Å². The summed E-state index contributed by atoms with van der Waals surface area (Å²) in [4.78, 5) is 0. The van der Waals surface area contributed by atoms with E-state index < -0.39 is 29.4 Å². The van der Waals surface area contributed by atoms with Gasteiger partial charge in [-0.05, 0) is 103 Å². The van der Waals surface area contributed by atoms with Crippen LogP contribution in [-0.2, 0) is 18.6 Å². The van der Waals surface area contributed by atoms with Crippen LogP contribution in [0.5, 0.6) is 0 Å². The molecule has 2 fully saturated rings. The summed E-state index contributed by atoms with van der Waals surface area (Å²) in [7, 11) is 0. The molecule has 2 saturated heterocycles. The zero-order valence-electron chi connectivity index (χ0n) is 26.4. The van der Waals surface area contributed by atoms with E-state index in [4.69, 9.17) is 18.6 Å². The second-order valence-corrected chi connectivity index (χ2v) is 13.2. The van der Waals surface area contributed by atoms with Gasteiger partial charge in [0.25, 0.3) is 0 Å². The van der Waals surface area contributed by atoms with Crippen LogP contribution in [0, 0.1) is 0 Å². The van der Waals surface area contributed by atoms with E-state index in [0.717, 1.165) is 50.0 Å². The maximum Gasteiger partial charge on any atom is 0.533 e. The molecule has 38 heavy (non-hydrogen) atoms. The van der Waals surface area contributed by atoms with Crippen molar-refractivity contribution in [2.75, 3.05) is 24.6 Å². The normalized spacial score (nSPS) is 34.6. The largest absolute Gasteiger partial charge is 0.533 e. The predicted molar refractivity (Wildman–Crippen MR) is 170 cm³/mol. The molecular weight excluding hydrogens is 513 g/mol. The third-order valence-corrected chi connectivity index (χ3v) is 9.98. The standard InChI is InChI=1S/C18H36BO4S2.C12H27N/c1-7-15(3)17(5,11-9-13-24)22-19(20-15)21-16(4,8-2)18(6,23-19)12-10-14-25;1-3-5-7-9-11-13-12-10-8-6-4-2/h24-25H,7-14H2,1-6H3;13H,3-12H2,1-2H3/q-1;/p+1. The van der Waals surface area contributed by atoms with Gasteiger partial charge in [-0.3, -0.25) is 0 Å². The van der Waals surface area contributed by atoms with Crippen LogP contribution in [0.1, 0.15) is 145 Å². The molecule has 0 radical (unpaired) electrons. The Balaban J connectivity index is 0.000000471. The Morgan fingerprint density at radius 3 is 1.21 bits per heavy atom. The molecule has 0 bridgehead atoms. The molecular formula is C30H64BNO4S2. The van der Waals surface area contributed by atoms with Gasteiger partial charge >= 0.3 is 6.96 Å². The van der Waals surface area contributed by atoms with E-state index in [0.29, 0.717) is 0 Å². The van der Waals surface area contributed by atoms with Crippen molar-refractivity contribution < 1.29 is 23.9 Å². The number of hydrogen-bond donors (Lipinski definition) is 3. The summed E-state index contributed by atoms with van der Waals surface area (Å²) in [6, 6.07) is 0. The summed E-state index contributed by atoms with van der Waals surface area (Å²) in [5, 5.41) is 2.49. The highest BCUT2D eigenvalue weighted by Gasteiger charge is 2.66. The predicted octanol–water partition coefficient (Wildman–Crippen LogP) is 7.50. The van der Waals surface area contributed by atoms with Crippen molar-refractivity contribution >= 4 is 32.2 Å². The highest BCUT2D eigenvalue weighted by Crippen LogP contribution is 2.55. The number of quaternary nitrogens is 1. The molecule has 2 rings (SSSR count). The zero-order valence-corrected chi connectivity index (χ0v) is 28.2. The average molecular weight is 578 g/mol. The number of unbranched alkanes of at least 4 members (excludes halogenated alkanes) is 6. The van der Waals surface area contributed by atoms with E-state index in [1.165, 1.54) is 64.5 Å². The Kier molecular flexibility index (Phi) is 16.9. The van der Waals surface area contributed by atoms with E-state index in [2.05, 4.69) is 86.0 Å². The van der Waals surface area contributed by atoms with Crippen molar-refractivity contribution in [1.29, 1.82) is 0 Å². The zero-order chi connectivity index (χ0) is 28.8. The van der Waals surface area contributed by atoms with Crippen molar-refractivity contribution in [1.82, 2.24) is 0 Å². The summed E-state index contributed by atoms with van der Waals surface area (Å²) in [6.07, 6.45) is 16.6. The molecule has 0 aliphatic carbocycles. The number of thiol groups is 2. The first-order valence-corrected chi connectivity index (χ1v) is 17.2. The molecule has 0 saturated carbocycles. The monoisotopic (exact) mass is 577 g/mol. The Hall–Kier alpha value is 0.565. The van der Waals surface area contributed by atoms with Gasteiger partial charge in [-0.1, -0.05) is 53.4 Å². The molecule has 0 aromatic heterocycles. The van der Waals surface area contributed by atoms with Crippen molar-refractivity contribution in [3.63, 3.8) is 0 Å². The molecule has 0 aromatic rings. The summed E-state index contributed by atoms with van der Waals surface area (Å²) in [5.41, 5.74) is -1.79. The fourth-order valence-electron chi connectivity index (χ4n) is 5.89. The Labute approximate surface area is 247 Å². The minimum absolute atomic E-state index is 0.445. The average Bonchev–Trinajstić information content (AvgIpc) is 3.24. The van der Waals surface area contributed by atoms with Gasteiger partial charge in [0.1, 0.15) is 0 Å². The molecule has 5 nitrogen and oxygen atoms in total. The Morgan fingerprint density at radius 2 is 0.895 bits per heavy atom. The highest BCUT2D eigenvalue weighted by atomic mass is 32.1. The number of rotatable bonds is 18. The van der Waals surface area contributed by atoms with Crippen molar-refractivity contribution in [2.24, 2.45) is 0 Å². The van der Waals surface area contributed by atoms with Gasteiger partial charge < -0.3 is 23.9 Å². The first-order chi connectivity index (χ1) is 18.0. The molecule has 228 valence electrons. The van der Waals surface area contributed by atoms with Gasteiger partial charge in [-0.25, -0.2) is 0 Å². The lowest BCUT2D eigenvalue weighted by Gasteiger charge is -2.42.